The van der Waals surface area contributed by atoms with Gasteiger partial charge in [0.25, 0.3) is 0 Å². The van der Waals surface area contributed by atoms with Crippen LogP contribution in [0.5, 0.6) is 11.5 Å². The lowest BCUT2D eigenvalue weighted by atomic mass is 10.1. The molecule has 0 aliphatic heterocycles. The van der Waals surface area contributed by atoms with Gasteiger partial charge in [-0.2, -0.15) is 0 Å². The molecule has 3 aromatic rings. The van der Waals surface area contributed by atoms with Gasteiger partial charge in [0, 0.05) is 0 Å². The van der Waals surface area contributed by atoms with Crippen molar-refractivity contribution in [3.63, 3.8) is 0 Å². The van der Waals surface area contributed by atoms with Gasteiger partial charge in [0.15, 0.2) is 6.61 Å². The van der Waals surface area contributed by atoms with Crippen molar-refractivity contribution in [2.75, 3.05) is 6.61 Å². The molecule has 5 heteroatoms. The molecule has 0 saturated carbocycles. The number of benzene rings is 3. The maximum atomic E-state index is 13.6. The van der Waals surface area contributed by atoms with Crippen molar-refractivity contribution in [1.82, 2.24) is 0 Å². The molecule has 3 aromatic carbocycles. The number of ether oxygens (including phenoxy) is 2. The molecule has 130 valence electrons. The summed E-state index contributed by atoms with van der Waals surface area (Å²) in [5.74, 6) is -1.11. The number of halogens is 1. The summed E-state index contributed by atoms with van der Waals surface area (Å²) in [6.07, 6.45) is 0. The van der Waals surface area contributed by atoms with Crippen molar-refractivity contribution in [1.29, 1.82) is 0 Å². The number of carbonyl (C=O) groups is 2. The molecule has 0 fully saturated rings. The first-order valence-corrected chi connectivity index (χ1v) is 7.92. The van der Waals surface area contributed by atoms with E-state index < -0.39 is 24.2 Å². The van der Waals surface area contributed by atoms with Crippen LogP contribution in [0.25, 0.3) is 0 Å². The Bertz CT molecular complexity index is 922. The van der Waals surface area contributed by atoms with E-state index in [2.05, 4.69) is 0 Å². The monoisotopic (exact) mass is 350 g/mol. The predicted octanol–water partition coefficient (Wildman–Crippen LogP) is 4.66. The number of para-hydroxylation sites is 2. The van der Waals surface area contributed by atoms with E-state index >= 15 is 0 Å². The highest BCUT2D eigenvalue weighted by molar-refractivity contribution is 6.00. The van der Waals surface area contributed by atoms with Crippen molar-refractivity contribution in [2.24, 2.45) is 0 Å². The van der Waals surface area contributed by atoms with Crippen molar-refractivity contribution in [3.8, 4) is 11.5 Å². The molecule has 4 nitrogen and oxygen atoms in total. The van der Waals surface area contributed by atoms with Gasteiger partial charge in [-0.05, 0) is 36.4 Å². The number of Topliss-reactive ketones (excluding diaryl/α,β-unsaturated/α-hetero) is 1. The Morgan fingerprint density at radius 3 is 2.12 bits per heavy atom. The molecular formula is C21H15FO4. The van der Waals surface area contributed by atoms with Crippen LogP contribution in [-0.2, 0) is 4.74 Å². The highest BCUT2D eigenvalue weighted by Crippen LogP contribution is 2.25. The van der Waals surface area contributed by atoms with Crippen LogP contribution < -0.4 is 4.74 Å². The molecule has 0 radical (unpaired) electrons. The maximum absolute atomic E-state index is 13.6. The van der Waals surface area contributed by atoms with Gasteiger partial charge in [0.05, 0.1) is 5.56 Å². The first kappa shape index (κ1) is 17.4. The molecule has 0 unspecified atom stereocenters. The van der Waals surface area contributed by atoms with Crippen LogP contribution in [0.15, 0.2) is 78.9 Å². The lowest BCUT2D eigenvalue weighted by molar-refractivity contribution is 0.0471. The van der Waals surface area contributed by atoms with E-state index in [0.29, 0.717) is 11.5 Å². The third kappa shape index (κ3) is 4.13. The molecule has 0 heterocycles. The average molecular weight is 350 g/mol. The van der Waals surface area contributed by atoms with Crippen molar-refractivity contribution in [2.45, 2.75) is 0 Å². The molecule has 0 saturated heterocycles. The smallest absolute Gasteiger partial charge is 0.342 e. The van der Waals surface area contributed by atoms with Gasteiger partial charge in [-0.15, -0.1) is 0 Å². The number of ketones is 1. The molecule has 0 aromatic heterocycles. The molecule has 0 amide bonds. The zero-order valence-electron chi connectivity index (χ0n) is 13.7. The molecule has 0 aliphatic carbocycles. The Kier molecular flexibility index (Phi) is 5.39. The molecule has 26 heavy (non-hydrogen) atoms. The molecule has 0 bridgehead atoms. The third-order valence-electron chi connectivity index (χ3n) is 3.59. The number of carbonyl (C=O) groups excluding carboxylic acids is 2. The quantitative estimate of drug-likeness (QED) is 0.479. The lowest BCUT2D eigenvalue weighted by Gasteiger charge is -2.11. The number of esters is 1. The maximum Gasteiger partial charge on any atom is 0.342 e. The number of hydrogen-bond acceptors (Lipinski definition) is 4. The minimum absolute atomic E-state index is 0.117. The first-order chi connectivity index (χ1) is 12.6. The summed E-state index contributed by atoms with van der Waals surface area (Å²) in [5.41, 5.74) is 0.0619. The highest BCUT2D eigenvalue weighted by atomic mass is 19.1. The standard InChI is InChI=1S/C21H15FO4/c22-18-12-6-4-10-16(18)19(23)14-25-21(24)17-11-5-7-13-20(17)26-15-8-2-1-3-9-15/h1-13H,14H2. The van der Waals surface area contributed by atoms with Crippen LogP contribution in [0.2, 0.25) is 0 Å². The Labute approximate surface area is 149 Å². The zero-order chi connectivity index (χ0) is 18.4. The molecule has 0 N–H and O–H groups in total. The summed E-state index contributed by atoms with van der Waals surface area (Å²) >= 11 is 0. The molecule has 0 spiro atoms. The van der Waals surface area contributed by atoms with E-state index in [1.165, 1.54) is 24.3 Å². The van der Waals surface area contributed by atoms with E-state index in [9.17, 15) is 14.0 Å². The Balaban J connectivity index is 1.70. The fourth-order valence-corrected chi connectivity index (χ4v) is 2.31. The summed E-state index contributed by atoms with van der Waals surface area (Å²) < 4.78 is 24.4. The van der Waals surface area contributed by atoms with E-state index in [1.807, 2.05) is 18.2 Å². The summed E-state index contributed by atoms with van der Waals surface area (Å²) in [7, 11) is 0. The predicted molar refractivity (Wildman–Crippen MR) is 94.0 cm³/mol. The minimum atomic E-state index is -0.721. The third-order valence-corrected chi connectivity index (χ3v) is 3.59. The first-order valence-electron chi connectivity index (χ1n) is 7.92. The zero-order valence-corrected chi connectivity index (χ0v) is 13.7. The van der Waals surface area contributed by atoms with E-state index in [-0.39, 0.29) is 11.1 Å². The molecular weight excluding hydrogens is 335 g/mol. The molecule has 0 aliphatic rings. The summed E-state index contributed by atoms with van der Waals surface area (Å²) in [5, 5.41) is 0. The van der Waals surface area contributed by atoms with E-state index in [4.69, 9.17) is 9.47 Å². The second kappa shape index (κ2) is 8.07. The Morgan fingerprint density at radius 2 is 1.38 bits per heavy atom. The molecule has 3 rings (SSSR count). The van der Waals surface area contributed by atoms with E-state index in [1.54, 1.807) is 36.4 Å². The highest BCUT2D eigenvalue weighted by Gasteiger charge is 2.17. The summed E-state index contributed by atoms with van der Waals surface area (Å²) in [6, 6.07) is 21.1. The Morgan fingerprint density at radius 1 is 0.769 bits per heavy atom. The second-order valence-corrected chi connectivity index (χ2v) is 5.39. The topological polar surface area (TPSA) is 52.6 Å². The van der Waals surface area contributed by atoms with Gasteiger partial charge < -0.3 is 9.47 Å². The fraction of sp³-hybridized carbons (Fsp3) is 0.0476. The van der Waals surface area contributed by atoms with Gasteiger partial charge >= 0.3 is 5.97 Å². The van der Waals surface area contributed by atoms with Crippen molar-refractivity contribution < 1.29 is 23.5 Å². The second-order valence-electron chi connectivity index (χ2n) is 5.39. The largest absolute Gasteiger partial charge is 0.456 e. The minimum Gasteiger partial charge on any atom is -0.456 e. The van der Waals surface area contributed by atoms with Crippen LogP contribution in [0.3, 0.4) is 0 Å². The summed E-state index contributed by atoms with van der Waals surface area (Å²) in [4.78, 5) is 24.4. The lowest BCUT2D eigenvalue weighted by Crippen LogP contribution is -2.15. The van der Waals surface area contributed by atoms with Gasteiger partial charge in [-0.3, -0.25) is 4.79 Å². The van der Waals surface area contributed by atoms with Crippen LogP contribution in [0.4, 0.5) is 4.39 Å². The van der Waals surface area contributed by atoms with Gasteiger partial charge in [0.1, 0.15) is 22.9 Å². The fourth-order valence-electron chi connectivity index (χ4n) is 2.31. The van der Waals surface area contributed by atoms with Gasteiger partial charge in [-0.25, -0.2) is 9.18 Å². The SMILES string of the molecule is O=C(COC(=O)c1ccccc1Oc1ccccc1)c1ccccc1F. The number of rotatable bonds is 6. The summed E-state index contributed by atoms with van der Waals surface area (Å²) in [6.45, 7) is -0.556. The normalized spacial score (nSPS) is 10.2. The number of hydrogen-bond donors (Lipinski definition) is 0. The van der Waals surface area contributed by atoms with Crippen LogP contribution in [0, 0.1) is 5.82 Å². The van der Waals surface area contributed by atoms with Crippen molar-refractivity contribution in [3.05, 3.63) is 95.8 Å². The van der Waals surface area contributed by atoms with Gasteiger partial charge in [-0.1, -0.05) is 42.5 Å². The van der Waals surface area contributed by atoms with Crippen LogP contribution >= 0.6 is 0 Å². The molecule has 0 atom stereocenters. The Hall–Kier alpha value is -3.47. The van der Waals surface area contributed by atoms with Crippen LogP contribution in [0.1, 0.15) is 20.7 Å². The van der Waals surface area contributed by atoms with Gasteiger partial charge in [0.2, 0.25) is 5.78 Å². The average Bonchev–Trinajstić information content (AvgIpc) is 2.67. The van der Waals surface area contributed by atoms with Crippen molar-refractivity contribution >= 4 is 11.8 Å². The van der Waals surface area contributed by atoms with E-state index in [0.717, 1.165) is 0 Å². The van der Waals surface area contributed by atoms with Crippen LogP contribution in [-0.4, -0.2) is 18.4 Å².